The van der Waals surface area contributed by atoms with E-state index in [1.165, 1.54) is 0 Å². The van der Waals surface area contributed by atoms with E-state index >= 15 is 0 Å². The standard InChI is InChI=1S/C4H6BrCl/c5-3-1-2-4-6/h1,3H,2,4H2. The second-order valence-electron chi connectivity index (χ2n) is 0.839. The third-order valence-corrected chi connectivity index (χ3v) is 0.957. The zero-order valence-corrected chi connectivity index (χ0v) is 5.67. The molecule has 0 aliphatic heterocycles. The van der Waals surface area contributed by atoms with Crippen LogP contribution in [0.15, 0.2) is 11.1 Å². The molecule has 0 aliphatic carbocycles. The van der Waals surface area contributed by atoms with Gasteiger partial charge in [0.15, 0.2) is 0 Å². The molecular formula is C4H6BrCl. The summed E-state index contributed by atoms with van der Waals surface area (Å²) in [5, 5.41) is 0. The van der Waals surface area contributed by atoms with Gasteiger partial charge in [0, 0.05) is 5.88 Å². The van der Waals surface area contributed by atoms with Crippen LogP contribution in [0.2, 0.25) is 0 Å². The lowest BCUT2D eigenvalue weighted by atomic mass is 10.5. The normalized spacial score (nSPS) is 10.3. The summed E-state index contributed by atoms with van der Waals surface area (Å²) in [7, 11) is 0. The van der Waals surface area contributed by atoms with Gasteiger partial charge >= 0.3 is 0 Å². The van der Waals surface area contributed by atoms with Crippen molar-refractivity contribution in [2.75, 3.05) is 5.88 Å². The summed E-state index contributed by atoms with van der Waals surface area (Å²) in [6.07, 6.45) is 2.92. The van der Waals surface area contributed by atoms with Gasteiger partial charge in [0.05, 0.1) is 0 Å². The van der Waals surface area contributed by atoms with Crippen molar-refractivity contribution >= 4 is 27.5 Å². The van der Waals surface area contributed by atoms with E-state index in [4.69, 9.17) is 11.6 Å². The lowest BCUT2D eigenvalue weighted by molar-refractivity contribution is 1.24. The van der Waals surface area contributed by atoms with Crippen LogP contribution in [0.3, 0.4) is 0 Å². The molecular weight excluding hydrogens is 163 g/mol. The Morgan fingerprint density at radius 1 is 1.67 bits per heavy atom. The fourth-order valence-electron chi connectivity index (χ4n) is 0.126. The highest BCUT2D eigenvalue weighted by molar-refractivity contribution is 9.11. The third kappa shape index (κ3) is 4.51. The summed E-state index contributed by atoms with van der Waals surface area (Å²) >= 11 is 8.42. The number of hydrogen-bond donors (Lipinski definition) is 0. The summed E-state index contributed by atoms with van der Waals surface area (Å²) in [4.78, 5) is 1.81. The summed E-state index contributed by atoms with van der Waals surface area (Å²) in [5.41, 5.74) is 0. The fourth-order valence-corrected chi connectivity index (χ4v) is 0.516. The highest BCUT2D eigenvalue weighted by atomic mass is 79.9. The molecule has 0 rings (SSSR count). The van der Waals surface area contributed by atoms with Crippen molar-refractivity contribution in [3.8, 4) is 0 Å². The van der Waals surface area contributed by atoms with Crippen molar-refractivity contribution in [1.29, 1.82) is 0 Å². The maximum atomic E-state index is 5.31. The molecule has 0 nitrogen and oxygen atoms in total. The van der Waals surface area contributed by atoms with E-state index in [1.807, 2.05) is 11.1 Å². The van der Waals surface area contributed by atoms with Gasteiger partial charge in [-0.05, 0) is 11.4 Å². The smallest absolute Gasteiger partial charge is 0.0258 e. The molecule has 0 saturated heterocycles. The summed E-state index contributed by atoms with van der Waals surface area (Å²) in [5.74, 6) is 0.710. The minimum absolute atomic E-state index is 0.710. The molecule has 0 saturated carbocycles. The molecule has 0 aromatic rings. The molecule has 6 heavy (non-hydrogen) atoms. The number of rotatable bonds is 2. The van der Waals surface area contributed by atoms with Crippen LogP contribution in [-0.4, -0.2) is 5.88 Å². The number of allylic oxidation sites excluding steroid dienone is 1. The largest absolute Gasteiger partial charge is 0.126 e. The van der Waals surface area contributed by atoms with Gasteiger partial charge in [0.25, 0.3) is 0 Å². The van der Waals surface area contributed by atoms with Crippen molar-refractivity contribution in [2.45, 2.75) is 6.42 Å². The van der Waals surface area contributed by atoms with Crippen LogP contribution in [0.25, 0.3) is 0 Å². The predicted molar refractivity (Wildman–Crippen MR) is 33.4 cm³/mol. The Morgan fingerprint density at radius 3 is 2.50 bits per heavy atom. The fraction of sp³-hybridized carbons (Fsp3) is 0.500. The van der Waals surface area contributed by atoms with Crippen LogP contribution < -0.4 is 0 Å². The van der Waals surface area contributed by atoms with E-state index in [0.29, 0.717) is 5.88 Å². The van der Waals surface area contributed by atoms with Crippen molar-refractivity contribution in [2.24, 2.45) is 0 Å². The van der Waals surface area contributed by atoms with Crippen LogP contribution in [0.1, 0.15) is 6.42 Å². The lowest BCUT2D eigenvalue weighted by Gasteiger charge is -1.73. The Hall–Kier alpha value is 0.510. The number of hydrogen-bond acceptors (Lipinski definition) is 0. The molecule has 0 N–H and O–H groups in total. The molecule has 0 aromatic heterocycles. The maximum absolute atomic E-state index is 5.31. The molecule has 0 bridgehead atoms. The predicted octanol–water partition coefficient (Wildman–Crippen LogP) is 2.52. The van der Waals surface area contributed by atoms with Gasteiger partial charge in [-0.1, -0.05) is 22.0 Å². The van der Waals surface area contributed by atoms with E-state index in [0.717, 1.165) is 6.42 Å². The quantitative estimate of drug-likeness (QED) is 0.557. The van der Waals surface area contributed by atoms with Crippen LogP contribution >= 0.6 is 27.5 Å². The van der Waals surface area contributed by atoms with Crippen molar-refractivity contribution in [1.82, 2.24) is 0 Å². The van der Waals surface area contributed by atoms with Crippen molar-refractivity contribution in [3.05, 3.63) is 11.1 Å². The second-order valence-corrected chi connectivity index (χ2v) is 1.75. The topological polar surface area (TPSA) is 0 Å². The first-order valence-electron chi connectivity index (χ1n) is 1.73. The monoisotopic (exact) mass is 168 g/mol. The molecule has 2 heteroatoms. The minimum atomic E-state index is 0.710. The van der Waals surface area contributed by atoms with Crippen molar-refractivity contribution in [3.63, 3.8) is 0 Å². The Bertz CT molecular complexity index is 42.8. The van der Waals surface area contributed by atoms with Gasteiger partial charge in [-0.2, -0.15) is 0 Å². The van der Waals surface area contributed by atoms with Crippen LogP contribution in [-0.2, 0) is 0 Å². The lowest BCUT2D eigenvalue weighted by Crippen LogP contribution is -1.61. The highest BCUT2D eigenvalue weighted by Crippen LogP contribution is 1.88. The summed E-state index contributed by atoms with van der Waals surface area (Å²) in [6.45, 7) is 0. The Kier molecular flexibility index (Phi) is 5.98. The van der Waals surface area contributed by atoms with E-state index in [9.17, 15) is 0 Å². The van der Waals surface area contributed by atoms with Gasteiger partial charge in [0.1, 0.15) is 0 Å². The first-order valence-corrected chi connectivity index (χ1v) is 3.18. The van der Waals surface area contributed by atoms with Gasteiger partial charge in [0.2, 0.25) is 0 Å². The molecule has 0 amide bonds. The van der Waals surface area contributed by atoms with Crippen LogP contribution in [0.5, 0.6) is 0 Å². The Balaban J connectivity index is 2.66. The third-order valence-electron chi connectivity index (χ3n) is 0.365. The highest BCUT2D eigenvalue weighted by Gasteiger charge is 1.67. The van der Waals surface area contributed by atoms with Gasteiger partial charge < -0.3 is 0 Å². The van der Waals surface area contributed by atoms with Crippen molar-refractivity contribution < 1.29 is 0 Å². The Labute approximate surface area is 51.3 Å². The molecule has 0 aromatic carbocycles. The molecule has 0 spiro atoms. The zero-order chi connectivity index (χ0) is 4.83. The molecule has 36 valence electrons. The van der Waals surface area contributed by atoms with Gasteiger partial charge in [-0.3, -0.25) is 0 Å². The minimum Gasteiger partial charge on any atom is -0.126 e. The van der Waals surface area contributed by atoms with E-state index < -0.39 is 0 Å². The van der Waals surface area contributed by atoms with E-state index in [1.54, 1.807) is 0 Å². The van der Waals surface area contributed by atoms with E-state index in [-0.39, 0.29) is 0 Å². The average Bonchev–Trinajstić information content (AvgIpc) is 1.61. The first-order chi connectivity index (χ1) is 2.91. The molecule has 0 fully saturated rings. The average molecular weight is 169 g/mol. The Morgan fingerprint density at radius 2 is 2.33 bits per heavy atom. The maximum Gasteiger partial charge on any atom is 0.0258 e. The number of halogens is 2. The molecule has 0 heterocycles. The zero-order valence-electron chi connectivity index (χ0n) is 3.32. The summed E-state index contributed by atoms with van der Waals surface area (Å²) in [6, 6.07) is 0. The van der Waals surface area contributed by atoms with Gasteiger partial charge in [-0.15, -0.1) is 11.6 Å². The molecule has 0 radical (unpaired) electrons. The van der Waals surface area contributed by atoms with Crippen LogP contribution in [0.4, 0.5) is 0 Å². The molecule has 0 aliphatic rings. The van der Waals surface area contributed by atoms with Crippen LogP contribution in [0, 0.1) is 0 Å². The second kappa shape index (κ2) is 5.51. The van der Waals surface area contributed by atoms with Gasteiger partial charge in [-0.25, -0.2) is 0 Å². The molecule has 0 atom stereocenters. The molecule has 0 unspecified atom stereocenters. The summed E-state index contributed by atoms with van der Waals surface area (Å²) < 4.78 is 0. The first kappa shape index (κ1) is 6.51. The SMILES string of the molecule is ClCCC=CBr. The number of alkyl halides is 1. The van der Waals surface area contributed by atoms with E-state index in [2.05, 4.69) is 15.9 Å².